The van der Waals surface area contributed by atoms with Crippen molar-refractivity contribution in [2.75, 3.05) is 6.61 Å². The number of aliphatic carboxylic acids is 1. The van der Waals surface area contributed by atoms with Crippen LogP contribution in [0.3, 0.4) is 0 Å². The molecular weight excluding hydrogens is 304 g/mol. The maximum Gasteiger partial charge on any atom is 0.380 e. The molecule has 0 radical (unpaired) electrons. The van der Waals surface area contributed by atoms with Crippen molar-refractivity contribution in [1.29, 1.82) is 0 Å². The number of carboxylic acid groups (broad SMARTS) is 1. The zero-order valence-electron chi connectivity index (χ0n) is 11.3. The van der Waals surface area contributed by atoms with E-state index in [9.17, 15) is 30.0 Å². The number of carbonyl (C=O) groups excluding carboxylic acids is 1. The summed E-state index contributed by atoms with van der Waals surface area (Å²) in [4.78, 5) is 22.4. The van der Waals surface area contributed by atoms with Gasteiger partial charge in [0.25, 0.3) is 0 Å². The van der Waals surface area contributed by atoms with Gasteiger partial charge in [0.05, 0.1) is 6.61 Å². The number of allylic oxidation sites excluding steroid dienone is 2. The van der Waals surface area contributed by atoms with Crippen molar-refractivity contribution in [2.24, 2.45) is 0 Å². The number of aliphatic hydroxyl groups is 6. The normalized spacial score (nSPS) is 19.7. The van der Waals surface area contributed by atoms with Crippen LogP contribution in [0.15, 0.2) is 24.8 Å². The minimum atomic E-state index is -3.66. The van der Waals surface area contributed by atoms with Gasteiger partial charge < -0.3 is 40.5 Å². The summed E-state index contributed by atoms with van der Waals surface area (Å²) in [6.07, 6.45) is -5.86. The second-order valence-electron chi connectivity index (χ2n) is 4.17. The highest BCUT2D eigenvalue weighted by molar-refractivity contribution is 5.83. The molecule has 10 heteroatoms. The highest BCUT2D eigenvalue weighted by atomic mass is 16.7. The Balaban J connectivity index is 5.26. The second kappa shape index (κ2) is 8.58. The number of aliphatic hydroxyl groups excluding tert-OH is 5. The summed E-state index contributed by atoms with van der Waals surface area (Å²) in [6, 6.07) is 0. The number of hydrogen-bond acceptors (Lipinski definition) is 9. The smallest absolute Gasteiger partial charge is 0.380 e. The van der Waals surface area contributed by atoms with Gasteiger partial charge >= 0.3 is 17.7 Å². The Kier molecular flexibility index (Phi) is 7.87. The number of esters is 1. The molecule has 0 aliphatic heterocycles. The van der Waals surface area contributed by atoms with E-state index >= 15 is 0 Å². The standard InChI is InChI=1S/C12H18O10/c1-2-3-4-6(14)10(18)22-12(21,11(19)20)9(17)8(16)7(15)5-13/h2-4,6-9,13-17,21H,1,5H2,(H,19,20)/b4-3+/t6?,7-,8-,9+,12?/m1/s1. The highest BCUT2D eigenvalue weighted by Crippen LogP contribution is 2.19. The van der Waals surface area contributed by atoms with Gasteiger partial charge in [-0.1, -0.05) is 18.7 Å². The molecule has 0 spiro atoms. The number of ether oxygens (including phenoxy) is 1. The summed E-state index contributed by atoms with van der Waals surface area (Å²) < 4.78 is 4.11. The monoisotopic (exact) mass is 322 g/mol. The molecule has 2 unspecified atom stereocenters. The van der Waals surface area contributed by atoms with E-state index in [1.807, 2.05) is 0 Å². The Morgan fingerprint density at radius 3 is 2.18 bits per heavy atom. The first-order valence-electron chi connectivity index (χ1n) is 5.92. The maximum atomic E-state index is 11.4. The molecular formula is C12H18O10. The van der Waals surface area contributed by atoms with Gasteiger partial charge in [-0.05, 0) is 6.08 Å². The molecule has 0 aromatic heterocycles. The Bertz CT molecular complexity index is 434. The molecule has 0 bridgehead atoms. The quantitative estimate of drug-likeness (QED) is 0.127. The molecule has 0 aromatic rings. The third-order valence-corrected chi connectivity index (χ3v) is 2.54. The first kappa shape index (κ1) is 20.2. The molecule has 0 aromatic carbocycles. The van der Waals surface area contributed by atoms with Gasteiger partial charge in [0.1, 0.15) is 12.2 Å². The minimum Gasteiger partial charge on any atom is -0.476 e. The minimum absolute atomic E-state index is 0.850. The molecule has 0 heterocycles. The molecule has 0 aliphatic carbocycles. The maximum absolute atomic E-state index is 11.4. The largest absolute Gasteiger partial charge is 0.476 e. The van der Waals surface area contributed by atoms with Gasteiger partial charge in [-0.25, -0.2) is 9.59 Å². The summed E-state index contributed by atoms with van der Waals surface area (Å²) in [7, 11) is 0. The van der Waals surface area contributed by atoms with E-state index in [2.05, 4.69) is 11.3 Å². The van der Waals surface area contributed by atoms with Crippen molar-refractivity contribution >= 4 is 11.9 Å². The van der Waals surface area contributed by atoms with E-state index in [-0.39, 0.29) is 0 Å². The molecule has 0 aliphatic rings. The molecule has 0 fully saturated rings. The van der Waals surface area contributed by atoms with Crippen LogP contribution in [0.1, 0.15) is 0 Å². The van der Waals surface area contributed by atoms with Crippen LogP contribution < -0.4 is 0 Å². The van der Waals surface area contributed by atoms with Gasteiger partial charge in [0, 0.05) is 0 Å². The second-order valence-corrected chi connectivity index (χ2v) is 4.17. The van der Waals surface area contributed by atoms with Crippen molar-refractivity contribution < 1.29 is 50.1 Å². The highest BCUT2D eigenvalue weighted by Gasteiger charge is 2.53. The molecule has 22 heavy (non-hydrogen) atoms. The average molecular weight is 322 g/mol. The summed E-state index contributed by atoms with van der Waals surface area (Å²) in [5.74, 6) is -7.57. The van der Waals surface area contributed by atoms with Crippen LogP contribution in [0, 0.1) is 0 Å². The summed E-state index contributed by atoms with van der Waals surface area (Å²) in [5, 5.41) is 64.6. The summed E-state index contributed by atoms with van der Waals surface area (Å²) in [5.41, 5.74) is 0. The zero-order chi connectivity index (χ0) is 17.5. The molecule has 0 amide bonds. The van der Waals surface area contributed by atoms with E-state index < -0.39 is 48.7 Å². The third kappa shape index (κ3) is 4.87. The fourth-order valence-electron chi connectivity index (χ4n) is 1.26. The van der Waals surface area contributed by atoms with Crippen molar-refractivity contribution in [3.05, 3.63) is 24.8 Å². The van der Waals surface area contributed by atoms with Crippen LogP contribution in [-0.4, -0.2) is 84.5 Å². The Morgan fingerprint density at radius 2 is 1.77 bits per heavy atom. The molecule has 0 saturated carbocycles. The van der Waals surface area contributed by atoms with E-state index in [1.54, 1.807) is 0 Å². The van der Waals surface area contributed by atoms with Gasteiger partial charge in [-0.2, -0.15) is 0 Å². The molecule has 0 rings (SSSR count). The van der Waals surface area contributed by atoms with E-state index in [0.717, 1.165) is 12.2 Å². The Labute approximate surface area is 124 Å². The Morgan fingerprint density at radius 1 is 1.23 bits per heavy atom. The van der Waals surface area contributed by atoms with Crippen molar-refractivity contribution in [3.8, 4) is 0 Å². The van der Waals surface area contributed by atoms with Gasteiger partial charge in [0.15, 0.2) is 12.2 Å². The number of hydrogen-bond donors (Lipinski definition) is 7. The van der Waals surface area contributed by atoms with Crippen LogP contribution in [0.25, 0.3) is 0 Å². The van der Waals surface area contributed by atoms with Crippen LogP contribution in [0.4, 0.5) is 0 Å². The predicted octanol–water partition coefficient (Wildman–Crippen LogP) is -3.52. The first-order valence-corrected chi connectivity index (χ1v) is 5.92. The summed E-state index contributed by atoms with van der Waals surface area (Å²) >= 11 is 0. The molecule has 0 saturated heterocycles. The lowest BCUT2D eigenvalue weighted by molar-refractivity contribution is -0.272. The number of carbonyl (C=O) groups is 2. The average Bonchev–Trinajstić information content (AvgIpc) is 2.49. The van der Waals surface area contributed by atoms with Crippen LogP contribution >= 0.6 is 0 Å². The van der Waals surface area contributed by atoms with Crippen molar-refractivity contribution in [1.82, 2.24) is 0 Å². The Hall–Kier alpha value is -1.82. The van der Waals surface area contributed by atoms with Crippen LogP contribution in [0.2, 0.25) is 0 Å². The fraction of sp³-hybridized carbons (Fsp3) is 0.500. The van der Waals surface area contributed by atoms with Gasteiger partial charge in [0.2, 0.25) is 0 Å². The number of rotatable bonds is 9. The molecule has 10 nitrogen and oxygen atoms in total. The number of carboxylic acids is 1. The predicted molar refractivity (Wildman–Crippen MR) is 69.1 cm³/mol. The summed E-state index contributed by atoms with van der Waals surface area (Å²) in [6.45, 7) is 2.19. The zero-order valence-corrected chi connectivity index (χ0v) is 11.3. The van der Waals surface area contributed by atoms with E-state index in [4.69, 9.17) is 15.3 Å². The lowest BCUT2D eigenvalue weighted by Gasteiger charge is -2.32. The van der Waals surface area contributed by atoms with Crippen molar-refractivity contribution in [2.45, 2.75) is 30.2 Å². The lowest BCUT2D eigenvalue weighted by atomic mass is 10.00. The van der Waals surface area contributed by atoms with E-state index in [0.29, 0.717) is 0 Å². The van der Waals surface area contributed by atoms with Crippen molar-refractivity contribution in [3.63, 3.8) is 0 Å². The first-order chi connectivity index (χ1) is 10.1. The third-order valence-electron chi connectivity index (χ3n) is 2.54. The topological polar surface area (TPSA) is 185 Å². The SMILES string of the molecule is C=C/C=C/C(O)C(=O)OC(O)(C(=O)O)[C@@H](O)[C@H](O)[C@H](O)CO. The van der Waals surface area contributed by atoms with Gasteiger partial charge in [-0.3, -0.25) is 0 Å². The van der Waals surface area contributed by atoms with Crippen LogP contribution in [-0.2, 0) is 14.3 Å². The van der Waals surface area contributed by atoms with Gasteiger partial charge in [-0.15, -0.1) is 0 Å². The molecule has 7 N–H and O–H groups in total. The fourth-order valence-corrected chi connectivity index (χ4v) is 1.26. The van der Waals surface area contributed by atoms with Crippen LogP contribution in [0.5, 0.6) is 0 Å². The lowest BCUT2D eigenvalue weighted by Crippen LogP contribution is -2.60. The van der Waals surface area contributed by atoms with E-state index in [1.165, 1.54) is 6.08 Å². The molecule has 126 valence electrons. The molecule has 5 atom stereocenters.